The number of thiophene rings is 1. The molecule has 0 aliphatic carbocycles. The third-order valence-corrected chi connectivity index (χ3v) is 8.52. The zero-order chi connectivity index (χ0) is 24.5. The minimum absolute atomic E-state index is 0.0357. The fourth-order valence-corrected chi connectivity index (χ4v) is 6.46. The van der Waals surface area contributed by atoms with Crippen molar-refractivity contribution in [2.24, 2.45) is 0 Å². The molecule has 176 valence electrons. The van der Waals surface area contributed by atoms with Gasteiger partial charge in [-0.05, 0) is 41.3 Å². The van der Waals surface area contributed by atoms with Crippen molar-refractivity contribution >= 4 is 95.1 Å². The number of nitrogens with zero attached hydrogens (tertiary/aromatic N) is 1. The molecule has 6 nitrogen and oxygen atoms in total. The van der Waals surface area contributed by atoms with Crippen LogP contribution >= 0.6 is 62.6 Å². The first-order chi connectivity index (χ1) is 16.9. The molecule has 0 spiro atoms. The zero-order valence-electron chi connectivity index (χ0n) is 17.7. The van der Waals surface area contributed by atoms with E-state index < -0.39 is 10.9 Å². The second kappa shape index (κ2) is 10.2. The molecule has 1 aliphatic heterocycles. The Balaban J connectivity index is 1.31. The van der Waals surface area contributed by atoms with E-state index in [4.69, 9.17) is 21.4 Å². The number of carbonyl (C=O) groups is 2. The maximum Gasteiger partial charge on any atom is 0.396 e. The van der Waals surface area contributed by atoms with Gasteiger partial charge >= 0.3 is 10.9 Å². The fraction of sp³-hybridized carbons (Fsp3) is 0.0833. The van der Waals surface area contributed by atoms with E-state index in [0.29, 0.717) is 30.8 Å². The number of hydrogen-bond donors (Lipinski definition) is 0. The Morgan fingerprint density at radius 1 is 1.17 bits per heavy atom. The Hall–Kier alpha value is -2.57. The molecule has 1 aliphatic rings. The van der Waals surface area contributed by atoms with Crippen LogP contribution in [-0.4, -0.2) is 27.6 Å². The molecule has 4 aromatic rings. The van der Waals surface area contributed by atoms with Crippen LogP contribution in [0.1, 0.15) is 11.3 Å². The first-order valence-corrected chi connectivity index (χ1v) is 13.9. The molecule has 0 atom stereocenters. The predicted molar refractivity (Wildman–Crippen MR) is 148 cm³/mol. The molecule has 5 rings (SSSR count). The van der Waals surface area contributed by atoms with Crippen LogP contribution in [0.4, 0.5) is 0 Å². The summed E-state index contributed by atoms with van der Waals surface area (Å²) in [5, 5.41) is 1.93. The van der Waals surface area contributed by atoms with E-state index in [1.807, 2.05) is 41.8 Å². The van der Waals surface area contributed by atoms with Crippen molar-refractivity contribution in [2.75, 3.05) is 6.54 Å². The lowest BCUT2D eigenvalue weighted by molar-refractivity contribution is -0.134. The number of amides is 1. The lowest BCUT2D eigenvalue weighted by Crippen LogP contribution is -2.31. The molecular formula is C24H14BrNO5S4. The highest BCUT2D eigenvalue weighted by molar-refractivity contribution is 9.10. The molecule has 11 heteroatoms. The van der Waals surface area contributed by atoms with E-state index >= 15 is 0 Å². The Morgan fingerprint density at radius 3 is 2.71 bits per heavy atom. The highest BCUT2D eigenvalue weighted by Gasteiger charge is 2.32. The van der Waals surface area contributed by atoms with Gasteiger partial charge in [-0.3, -0.25) is 14.5 Å². The molecule has 0 bridgehead atoms. The SMILES string of the molecule is O=C(CCN1C(=O)/C(=C/c2cccs2)SC1=S)Oc1cc(-c2ccc(Br)cc2)c2oc(=O)sc2c1. The smallest absolute Gasteiger partial charge is 0.396 e. The molecule has 0 saturated carbocycles. The van der Waals surface area contributed by atoms with Gasteiger partial charge in [-0.2, -0.15) is 0 Å². The molecule has 2 aromatic heterocycles. The number of thioether (sulfide) groups is 1. The molecule has 0 unspecified atom stereocenters. The number of ether oxygens (including phenoxy) is 1. The monoisotopic (exact) mass is 603 g/mol. The van der Waals surface area contributed by atoms with Crippen LogP contribution in [0.5, 0.6) is 5.75 Å². The number of fused-ring (bicyclic) bond motifs is 1. The van der Waals surface area contributed by atoms with Crippen LogP contribution in [0.25, 0.3) is 27.5 Å². The van der Waals surface area contributed by atoms with Crippen molar-refractivity contribution in [3.8, 4) is 16.9 Å². The predicted octanol–water partition coefficient (Wildman–Crippen LogP) is 6.54. The lowest BCUT2D eigenvalue weighted by Gasteiger charge is -2.14. The number of benzene rings is 2. The number of carbonyl (C=O) groups excluding carboxylic acids is 2. The summed E-state index contributed by atoms with van der Waals surface area (Å²) in [5.74, 6) is -0.443. The topological polar surface area (TPSA) is 76.8 Å². The van der Waals surface area contributed by atoms with E-state index in [-0.39, 0.29) is 18.9 Å². The van der Waals surface area contributed by atoms with Gasteiger partial charge in [0.1, 0.15) is 10.1 Å². The van der Waals surface area contributed by atoms with Gasteiger partial charge in [-0.15, -0.1) is 11.3 Å². The van der Waals surface area contributed by atoms with Gasteiger partial charge in [-0.25, -0.2) is 4.79 Å². The molecule has 0 radical (unpaired) electrons. The number of hydrogen-bond acceptors (Lipinski definition) is 9. The van der Waals surface area contributed by atoms with Crippen LogP contribution in [0.3, 0.4) is 0 Å². The highest BCUT2D eigenvalue weighted by Crippen LogP contribution is 2.36. The number of esters is 1. The fourth-order valence-electron chi connectivity index (χ4n) is 3.44. The van der Waals surface area contributed by atoms with Crippen molar-refractivity contribution in [1.29, 1.82) is 0 Å². The van der Waals surface area contributed by atoms with Crippen molar-refractivity contribution < 1.29 is 18.7 Å². The minimum atomic E-state index is -0.516. The van der Waals surface area contributed by atoms with Crippen molar-refractivity contribution in [1.82, 2.24) is 4.90 Å². The molecular weight excluding hydrogens is 590 g/mol. The standard InChI is InChI=1S/C24H14BrNO5S4/c25-14-5-3-13(4-6-14)17-10-15(11-18-21(17)31-24(29)35-18)30-20(27)7-8-26-22(28)19(34-23(26)32)12-16-2-1-9-33-16/h1-6,9-12H,7-8H2/b19-12-. The van der Waals surface area contributed by atoms with Gasteiger partial charge in [0.25, 0.3) is 5.91 Å². The highest BCUT2D eigenvalue weighted by atomic mass is 79.9. The minimum Gasteiger partial charge on any atom is -0.426 e. The van der Waals surface area contributed by atoms with Crippen LogP contribution in [-0.2, 0) is 9.59 Å². The number of thiocarbonyl (C=S) groups is 1. The number of halogens is 1. The summed E-state index contributed by atoms with van der Waals surface area (Å²) in [7, 11) is 0. The molecule has 2 aromatic carbocycles. The maximum absolute atomic E-state index is 12.7. The zero-order valence-corrected chi connectivity index (χ0v) is 22.5. The molecule has 1 saturated heterocycles. The van der Waals surface area contributed by atoms with Crippen LogP contribution in [0.15, 0.2) is 72.5 Å². The Bertz CT molecular complexity index is 1540. The number of rotatable bonds is 6. The molecule has 1 amide bonds. The lowest BCUT2D eigenvalue weighted by atomic mass is 10.0. The Morgan fingerprint density at radius 2 is 1.97 bits per heavy atom. The van der Waals surface area contributed by atoms with E-state index in [1.54, 1.807) is 18.2 Å². The summed E-state index contributed by atoms with van der Waals surface area (Å²) in [6.07, 6.45) is 1.77. The van der Waals surface area contributed by atoms with Gasteiger partial charge in [0.2, 0.25) is 0 Å². The van der Waals surface area contributed by atoms with Gasteiger partial charge in [0.05, 0.1) is 16.0 Å². The summed E-state index contributed by atoms with van der Waals surface area (Å²) in [6, 6.07) is 14.6. The second-order valence-electron chi connectivity index (χ2n) is 7.33. The van der Waals surface area contributed by atoms with Gasteiger partial charge in [0.15, 0.2) is 5.58 Å². The molecule has 1 fully saturated rings. The third-order valence-electron chi connectivity index (χ3n) is 5.02. The summed E-state index contributed by atoms with van der Waals surface area (Å²) in [4.78, 5) is 39.7. The quantitative estimate of drug-likeness (QED) is 0.107. The van der Waals surface area contributed by atoms with Crippen LogP contribution in [0.2, 0.25) is 0 Å². The van der Waals surface area contributed by atoms with E-state index in [9.17, 15) is 14.4 Å². The van der Waals surface area contributed by atoms with E-state index in [2.05, 4.69) is 15.9 Å². The Labute approximate surface area is 225 Å². The van der Waals surface area contributed by atoms with E-state index in [0.717, 1.165) is 26.3 Å². The van der Waals surface area contributed by atoms with Gasteiger partial charge in [-0.1, -0.05) is 69.4 Å². The Kier molecular flexibility index (Phi) is 7.03. The van der Waals surface area contributed by atoms with Gasteiger partial charge in [0, 0.05) is 27.5 Å². The summed E-state index contributed by atoms with van der Waals surface area (Å²) in [6.45, 7) is 0.117. The van der Waals surface area contributed by atoms with Gasteiger partial charge < -0.3 is 9.15 Å². The molecule has 0 N–H and O–H groups in total. The maximum atomic E-state index is 12.7. The first-order valence-electron chi connectivity index (χ1n) is 10.2. The summed E-state index contributed by atoms with van der Waals surface area (Å²) >= 11 is 12.4. The van der Waals surface area contributed by atoms with Crippen molar-refractivity contribution in [3.63, 3.8) is 0 Å². The van der Waals surface area contributed by atoms with E-state index in [1.165, 1.54) is 28.0 Å². The first kappa shape index (κ1) is 24.1. The summed E-state index contributed by atoms with van der Waals surface area (Å²) < 4.78 is 12.8. The molecule has 35 heavy (non-hydrogen) atoms. The van der Waals surface area contributed by atoms with Crippen LogP contribution in [0, 0.1) is 0 Å². The summed E-state index contributed by atoms with van der Waals surface area (Å²) in [5.41, 5.74) is 1.90. The average molecular weight is 605 g/mol. The van der Waals surface area contributed by atoms with Crippen molar-refractivity contribution in [3.05, 3.63) is 77.9 Å². The average Bonchev–Trinajstić information content (AvgIpc) is 3.53. The second-order valence-corrected chi connectivity index (χ2v) is 11.9. The largest absolute Gasteiger partial charge is 0.426 e. The van der Waals surface area contributed by atoms with Crippen LogP contribution < -0.4 is 9.68 Å². The third kappa shape index (κ3) is 5.34. The van der Waals surface area contributed by atoms with Crippen molar-refractivity contribution in [2.45, 2.75) is 6.42 Å². The molecule has 3 heterocycles. The normalized spacial score (nSPS) is 14.9.